The molecule has 5 nitrogen and oxygen atoms in total. The molecule has 3 aromatic rings. The van der Waals surface area contributed by atoms with Crippen LogP contribution in [-0.2, 0) is 0 Å². The van der Waals surface area contributed by atoms with Crippen molar-refractivity contribution in [2.24, 2.45) is 0 Å². The van der Waals surface area contributed by atoms with Crippen LogP contribution in [-0.4, -0.2) is 15.0 Å². The zero-order chi connectivity index (χ0) is 14.1. The van der Waals surface area contributed by atoms with Crippen molar-refractivity contribution in [1.29, 1.82) is 0 Å². The van der Waals surface area contributed by atoms with Gasteiger partial charge in [-0.1, -0.05) is 0 Å². The molecule has 0 aliphatic rings. The molecular weight excluding hydrogens is 254 g/mol. The van der Waals surface area contributed by atoms with Crippen molar-refractivity contribution in [1.82, 2.24) is 15.0 Å². The second-order valence-corrected chi connectivity index (χ2v) is 4.54. The molecule has 0 amide bonds. The maximum absolute atomic E-state index is 11.7. The minimum atomic E-state index is -0.0145. The van der Waals surface area contributed by atoms with Gasteiger partial charge in [0.15, 0.2) is 5.43 Å². The number of hydrogen-bond donors (Lipinski definition) is 1. The van der Waals surface area contributed by atoms with Crippen molar-refractivity contribution in [3.05, 3.63) is 58.3 Å². The zero-order valence-corrected chi connectivity index (χ0v) is 11.2. The third-order valence-corrected chi connectivity index (χ3v) is 3.23. The Labute approximate surface area is 115 Å². The van der Waals surface area contributed by atoms with E-state index in [9.17, 15) is 4.79 Å². The van der Waals surface area contributed by atoms with E-state index >= 15 is 0 Å². The lowest BCUT2D eigenvalue weighted by atomic mass is 10.2. The molecule has 1 N–H and O–H groups in total. The maximum Gasteiger partial charge on any atom is 0.225 e. The normalized spacial score (nSPS) is 10.7. The number of rotatable bonds is 2. The molecule has 1 aromatic carbocycles. The van der Waals surface area contributed by atoms with Gasteiger partial charge in [0, 0.05) is 35.0 Å². The van der Waals surface area contributed by atoms with E-state index in [1.54, 1.807) is 24.4 Å². The van der Waals surface area contributed by atoms with Gasteiger partial charge in [-0.2, -0.15) is 0 Å². The zero-order valence-electron chi connectivity index (χ0n) is 11.2. The summed E-state index contributed by atoms with van der Waals surface area (Å²) in [6.07, 6.45) is 3.09. The average molecular weight is 267 g/mol. The number of ether oxygens (including phenoxy) is 1. The fourth-order valence-electron chi connectivity index (χ4n) is 1.95. The van der Waals surface area contributed by atoms with Crippen molar-refractivity contribution in [3.8, 4) is 11.6 Å². The van der Waals surface area contributed by atoms with Crippen molar-refractivity contribution in [2.45, 2.75) is 13.8 Å². The largest absolute Gasteiger partial charge is 0.439 e. The molecule has 0 radical (unpaired) electrons. The summed E-state index contributed by atoms with van der Waals surface area (Å²) in [5.41, 5.74) is 2.50. The van der Waals surface area contributed by atoms with Gasteiger partial charge in [0.2, 0.25) is 5.88 Å². The summed E-state index contributed by atoms with van der Waals surface area (Å²) in [5, 5.41) is 0.635. The Hall–Kier alpha value is -2.69. The first kappa shape index (κ1) is 12.3. The fraction of sp³-hybridized carbons (Fsp3) is 0.133. The van der Waals surface area contributed by atoms with Gasteiger partial charge in [-0.15, -0.1) is 0 Å². The molecule has 0 atom stereocenters. The first-order chi connectivity index (χ1) is 9.65. The third-order valence-electron chi connectivity index (χ3n) is 3.23. The van der Waals surface area contributed by atoms with Crippen molar-refractivity contribution in [3.63, 3.8) is 0 Å². The molecule has 5 heteroatoms. The predicted molar refractivity (Wildman–Crippen MR) is 76.1 cm³/mol. The number of H-pyrrole nitrogens is 1. The van der Waals surface area contributed by atoms with Crippen LogP contribution in [0.5, 0.6) is 11.6 Å². The average Bonchev–Trinajstić information content (AvgIpc) is 2.44. The van der Waals surface area contributed by atoms with E-state index in [0.29, 0.717) is 17.0 Å². The number of fused-ring (bicyclic) bond motifs is 1. The van der Waals surface area contributed by atoms with E-state index in [1.807, 2.05) is 13.8 Å². The van der Waals surface area contributed by atoms with Crippen LogP contribution in [0.4, 0.5) is 0 Å². The molecule has 0 saturated carbocycles. The van der Waals surface area contributed by atoms with Crippen LogP contribution >= 0.6 is 0 Å². The molecule has 2 aromatic heterocycles. The van der Waals surface area contributed by atoms with Crippen molar-refractivity contribution >= 4 is 10.9 Å². The van der Waals surface area contributed by atoms with E-state index in [1.165, 1.54) is 12.4 Å². The molecule has 0 saturated heterocycles. The SMILES string of the molecule is Cc1ncnc(Oc2ccc3c(=O)cc[nH]c3c2)c1C. The molecule has 0 bridgehead atoms. The van der Waals surface area contributed by atoms with E-state index < -0.39 is 0 Å². The summed E-state index contributed by atoms with van der Waals surface area (Å²) < 4.78 is 5.76. The lowest BCUT2D eigenvalue weighted by Crippen LogP contribution is -2.00. The van der Waals surface area contributed by atoms with Gasteiger partial charge in [-0.25, -0.2) is 9.97 Å². The second-order valence-electron chi connectivity index (χ2n) is 4.54. The fourth-order valence-corrected chi connectivity index (χ4v) is 1.95. The summed E-state index contributed by atoms with van der Waals surface area (Å²) in [5.74, 6) is 1.15. The number of aryl methyl sites for hydroxylation is 1. The molecule has 0 spiro atoms. The number of aromatic amines is 1. The third kappa shape index (κ3) is 2.14. The summed E-state index contributed by atoms with van der Waals surface area (Å²) in [6, 6.07) is 6.79. The van der Waals surface area contributed by atoms with Crippen LogP contribution < -0.4 is 10.2 Å². The molecule has 0 aliphatic heterocycles. The minimum absolute atomic E-state index is 0.0145. The molecule has 0 aliphatic carbocycles. The monoisotopic (exact) mass is 267 g/mol. The quantitative estimate of drug-likeness (QED) is 0.775. The van der Waals surface area contributed by atoms with E-state index in [4.69, 9.17) is 4.74 Å². The van der Waals surface area contributed by atoms with Gasteiger partial charge < -0.3 is 9.72 Å². The number of hydrogen-bond acceptors (Lipinski definition) is 4. The van der Waals surface area contributed by atoms with Gasteiger partial charge in [0.25, 0.3) is 0 Å². The number of nitrogens with zero attached hydrogens (tertiary/aromatic N) is 2. The molecule has 2 heterocycles. The first-order valence-electron chi connectivity index (χ1n) is 6.22. The highest BCUT2D eigenvalue weighted by Gasteiger charge is 2.07. The van der Waals surface area contributed by atoms with Crippen LogP contribution in [0.25, 0.3) is 10.9 Å². The van der Waals surface area contributed by atoms with Crippen LogP contribution in [0.15, 0.2) is 41.6 Å². The number of benzene rings is 1. The Morgan fingerprint density at radius 3 is 2.85 bits per heavy atom. The van der Waals surface area contributed by atoms with Gasteiger partial charge in [0.1, 0.15) is 12.1 Å². The molecule has 3 rings (SSSR count). The lowest BCUT2D eigenvalue weighted by molar-refractivity contribution is 0.457. The summed E-state index contributed by atoms with van der Waals surface area (Å²) in [4.78, 5) is 22.9. The Morgan fingerprint density at radius 2 is 2.00 bits per heavy atom. The highest BCUT2D eigenvalue weighted by Crippen LogP contribution is 2.25. The van der Waals surface area contributed by atoms with Gasteiger partial charge in [-0.3, -0.25) is 4.79 Å². The predicted octanol–water partition coefficient (Wildman–Crippen LogP) is 2.73. The minimum Gasteiger partial charge on any atom is -0.439 e. The summed E-state index contributed by atoms with van der Waals surface area (Å²) in [6.45, 7) is 3.81. The Balaban J connectivity index is 2.03. The lowest BCUT2D eigenvalue weighted by Gasteiger charge is -2.09. The van der Waals surface area contributed by atoms with E-state index in [0.717, 1.165) is 16.8 Å². The molecule has 100 valence electrons. The second kappa shape index (κ2) is 4.77. The standard InChI is InChI=1S/C15H13N3O2/c1-9-10(2)17-8-18-15(9)20-11-3-4-12-13(7-11)16-6-5-14(12)19/h3-8H,1-2H3,(H,16,19). The Morgan fingerprint density at radius 1 is 1.15 bits per heavy atom. The summed E-state index contributed by atoms with van der Waals surface area (Å²) >= 11 is 0. The smallest absolute Gasteiger partial charge is 0.225 e. The highest BCUT2D eigenvalue weighted by molar-refractivity contribution is 5.79. The molecule has 0 fully saturated rings. The molecular formula is C15H13N3O2. The molecule has 0 unspecified atom stereocenters. The number of aromatic nitrogens is 3. The highest BCUT2D eigenvalue weighted by atomic mass is 16.5. The topological polar surface area (TPSA) is 67.9 Å². The number of nitrogens with one attached hydrogen (secondary N) is 1. The maximum atomic E-state index is 11.7. The first-order valence-corrected chi connectivity index (χ1v) is 6.22. The van der Waals surface area contributed by atoms with Crippen LogP contribution in [0, 0.1) is 13.8 Å². The summed E-state index contributed by atoms with van der Waals surface area (Å²) in [7, 11) is 0. The van der Waals surface area contributed by atoms with Gasteiger partial charge in [-0.05, 0) is 26.0 Å². The Bertz CT molecular complexity index is 840. The molecule has 20 heavy (non-hydrogen) atoms. The van der Waals surface area contributed by atoms with Gasteiger partial charge >= 0.3 is 0 Å². The van der Waals surface area contributed by atoms with Gasteiger partial charge in [0.05, 0.1) is 5.52 Å². The Kier molecular flexibility index (Phi) is 2.95. The van der Waals surface area contributed by atoms with E-state index in [-0.39, 0.29) is 5.43 Å². The van der Waals surface area contributed by atoms with Crippen molar-refractivity contribution in [2.75, 3.05) is 0 Å². The van der Waals surface area contributed by atoms with Crippen LogP contribution in [0.3, 0.4) is 0 Å². The number of pyridine rings is 1. The van der Waals surface area contributed by atoms with Crippen LogP contribution in [0.1, 0.15) is 11.3 Å². The van der Waals surface area contributed by atoms with Crippen LogP contribution in [0.2, 0.25) is 0 Å². The van der Waals surface area contributed by atoms with Crippen molar-refractivity contribution < 1.29 is 4.74 Å². The van der Waals surface area contributed by atoms with E-state index in [2.05, 4.69) is 15.0 Å².